The van der Waals surface area contributed by atoms with Gasteiger partial charge in [0.2, 0.25) is 5.76 Å². The van der Waals surface area contributed by atoms with Gasteiger partial charge in [0.15, 0.2) is 6.39 Å². The van der Waals surface area contributed by atoms with Crippen molar-refractivity contribution in [2.45, 2.75) is 46.0 Å². The summed E-state index contributed by atoms with van der Waals surface area (Å²) >= 11 is 0. The fourth-order valence-corrected chi connectivity index (χ4v) is 3.99. The molecule has 150 valence electrons. The van der Waals surface area contributed by atoms with Gasteiger partial charge in [0.05, 0.1) is 17.7 Å². The Hall–Kier alpha value is -2.63. The van der Waals surface area contributed by atoms with E-state index in [9.17, 15) is 9.59 Å². The number of hydrogen-bond acceptors (Lipinski definition) is 5. The zero-order valence-corrected chi connectivity index (χ0v) is 16.6. The van der Waals surface area contributed by atoms with Crippen LogP contribution in [0.5, 0.6) is 0 Å². The average Bonchev–Trinajstić information content (AvgIpc) is 3.14. The van der Waals surface area contributed by atoms with Gasteiger partial charge in [-0.1, -0.05) is 30.3 Å². The van der Waals surface area contributed by atoms with Crippen LogP contribution in [0.2, 0.25) is 0 Å². The summed E-state index contributed by atoms with van der Waals surface area (Å²) in [4.78, 5) is 31.5. The van der Waals surface area contributed by atoms with Crippen molar-refractivity contribution >= 4 is 11.9 Å². The van der Waals surface area contributed by atoms with Gasteiger partial charge in [-0.15, -0.1) is 0 Å². The summed E-state index contributed by atoms with van der Waals surface area (Å²) in [5.41, 5.74) is 1.16. The van der Waals surface area contributed by atoms with Crippen molar-refractivity contribution in [1.82, 2.24) is 9.88 Å². The lowest BCUT2D eigenvalue weighted by Gasteiger charge is -2.40. The van der Waals surface area contributed by atoms with Crippen LogP contribution in [-0.2, 0) is 16.0 Å². The van der Waals surface area contributed by atoms with Crippen LogP contribution in [0.3, 0.4) is 0 Å². The van der Waals surface area contributed by atoms with E-state index in [-0.39, 0.29) is 17.6 Å². The molecular formula is C22H28N2O4. The number of nitrogens with zero attached hydrogens (tertiary/aromatic N) is 2. The summed E-state index contributed by atoms with van der Waals surface area (Å²) in [6.45, 7) is 4.88. The second kappa shape index (κ2) is 9.04. The highest BCUT2D eigenvalue weighted by molar-refractivity contribution is 5.93. The largest absolute Gasteiger partial charge is 0.466 e. The zero-order valence-electron chi connectivity index (χ0n) is 16.6. The van der Waals surface area contributed by atoms with Crippen molar-refractivity contribution in [3.05, 3.63) is 53.7 Å². The first-order valence-electron chi connectivity index (χ1n) is 9.96. The Morgan fingerprint density at radius 2 is 2.07 bits per heavy atom. The van der Waals surface area contributed by atoms with E-state index in [0.717, 1.165) is 25.7 Å². The lowest BCUT2D eigenvalue weighted by Crippen LogP contribution is -2.50. The molecule has 1 aliphatic rings. The van der Waals surface area contributed by atoms with Crippen molar-refractivity contribution in [3.8, 4) is 0 Å². The third-order valence-electron chi connectivity index (χ3n) is 5.48. The van der Waals surface area contributed by atoms with Crippen LogP contribution < -0.4 is 0 Å². The fraction of sp³-hybridized carbons (Fsp3) is 0.500. The van der Waals surface area contributed by atoms with Gasteiger partial charge in [-0.3, -0.25) is 9.59 Å². The number of esters is 1. The fourth-order valence-electron chi connectivity index (χ4n) is 3.99. The lowest BCUT2D eigenvalue weighted by atomic mass is 9.75. The number of aryl methyl sites for hydroxylation is 2. The molecule has 0 spiro atoms. The Bertz CT molecular complexity index is 802. The number of piperidine rings is 1. The van der Waals surface area contributed by atoms with E-state index < -0.39 is 5.41 Å². The number of aromatic nitrogens is 1. The number of amides is 1. The molecule has 1 aromatic carbocycles. The van der Waals surface area contributed by atoms with E-state index >= 15 is 0 Å². The highest BCUT2D eigenvalue weighted by atomic mass is 16.5. The van der Waals surface area contributed by atoms with Crippen LogP contribution >= 0.6 is 0 Å². The summed E-state index contributed by atoms with van der Waals surface area (Å²) in [7, 11) is 0. The average molecular weight is 384 g/mol. The minimum Gasteiger partial charge on any atom is -0.466 e. The van der Waals surface area contributed by atoms with Crippen molar-refractivity contribution in [2.75, 3.05) is 19.7 Å². The van der Waals surface area contributed by atoms with Crippen LogP contribution in [0.25, 0.3) is 0 Å². The first kappa shape index (κ1) is 20.1. The second-order valence-corrected chi connectivity index (χ2v) is 7.44. The molecule has 6 heteroatoms. The molecule has 1 amide bonds. The summed E-state index contributed by atoms with van der Waals surface area (Å²) < 4.78 is 10.7. The highest BCUT2D eigenvalue weighted by Crippen LogP contribution is 2.37. The maximum Gasteiger partial charge on any atom is 0.313 e. The number of ether oxygens (including phenoxy) is 1. The summed E-state index contributed by atoms with van der Waals surface area (Å²) in [5.74, 6) is -0.148. The maximum atomic E-state index is 12.9. The number of rotatable bonds is 7. The third kappa shape index (κ3) is 4.43. The molecule has 0 saturated carbocycles. The van der Waals surface area contributed by atoms with E-state index in [1.165, 1.54) is 12.0 Å². The summed E-state index contributed by atoms with van der Waals surface area (Å²) in [6.07, 6.45) is 5.25. The van der Waals surface area contributed by atoms with E-state index in [4.69, 9.17) is 9.15 Å². The highest BCUT2D eigenvalue weighted by Gasteiger charge is 2.44. The number of oxazole rings is 1. The van der Waals surface area contributed by atoms with Gasteiger partial charge in [-0.05, 0) is 51.5 Å². The number of hydrogen-bond donors (Lipinski definition) is 0. The van der Waals surface area contributed by atoms with Gasteiger partial charge < -0.3 is 14.1 Å². The predicted octanol–water partition coefficient (Wildman–Crippen LogP) is 3.79. The van der Waals surface area contributed by atoms with Gasteiger partial charge in [0.25, 0.3) is 5.91 Å². The molecular weight excluding hydrogens is 356 g/mol. The van der Waals surface area contributed by atoms with Gasteiger partial charge in [0.1, 0.15) is 0 Å². The molecule has 1 atom stereocenters. The molecule has 2 heterocycles. The Balaban J connectivity index is 1.73. The van der Waals surface area contributed by atoms with Crippen LogP contribution in [0.15, 0.2) is 41.1 Å². The monoisotopic (exact) mass is 384 g/mol. The molecule has 0 unspecified atom stereocenters. The Morgan fingerprint density at radius 1 is 1.29 bits per heavy atom. The summed E-state index contributed by atoms with van der Waals surface area (Å²) in [5, 5.41) is 0. The minimum atomic E-state index is -0.660. The van der Waals surface area contributed by atoms with Crippen molar-refractivity contribution < 1.29 is 18.7 Å². The molecule has 1 aromatic heterocycles. The maximum absolute atomic E-state index is 12.9. The van der Waals surface area contributed by atoms with Crippen molar-refractivity contribution in [2.24, 2.45) is 5.41 Å². The number of carbonyl (C=O) groups excluding carboxylic acids is 2. The van der Waals surface area contributed by atoms with Crippen LogP contribution in [-0.4, -0.2) is 41.5 Å². The van der Waals surface area contributed by atoms with Crippen LogP contribution in [0.4, 0.5) is 0 Å². The van der Waals surface area contributed by atoms with Crippen LogP contribution in [0.1, 0.15) is 54.4 Å². The van der Waals surface area contributed by atoms with Crippen molar-refractivity contribution in [1.29, 1.82) is 0 Å². The predicted molar refractivity (Wildman–Crippen MR) is 105 cm³/mol. The van der Waals surface area contributed by atoms with E-state index in [1.807, 2.05) is 25.1 Å². The molecule has 3 rings (SSSR count). The molecule has 0 bridgehead atoms. The van der Waals surface area contributed by atoms with E-state index in [1.54, 1.807) is 11.8 Å². The molecule has 0 N–H and O–H groups in total. The molecule has 0 radical (unpaired) electrons. The Labute approximate surface area is 165 Å². The third-order valence-corrected chi connectivity index (χ3v) is 5.48. The number of likely N-dealkylation sites (tertiary alicyclic amines) is 1. The topological polar surface area (TPSA) is 72.6 Å². The quantitative estimate of drug-likeness (QED) is 0.679. The first-order chi connectivity index (χ1) is 13.6. The summed E-state index contributed by atoms with van der Waals surface area (Å²) in [6, 6.07) is 10.2. The lowest BCUT2D eigenvalue weighted by molar-refractivity contribution is -0.159. The number of benzene rings is 1. The molecule has 0 aliphatic carbocycles. The van der Waals surface area contributed by atoms with Gasteiger partial charge >= 0.3 is 5.97 Å². The Kier molecular flexibility index (Phi) is 6.49. The first-order valence-corrected chi connectivity index (χ1v) is 9.96. The van der Waals surface area contributed by atoms with Gasteiger partial charge in [-0.2, -0.15) is 0 Å². The molecule has 1 saturated heterocycles. The molecule has 2 aromatic rings. The second-order valence-electron chi connectivity index (χ2n) is 7.44. The standard InChI is InChI=1S/C22H28N2O4/c1-3-27-21(26)22(12-7-11-18-9-5-4-6-10-18)13-8-14-24(15-22)20(25)19-17(2)23-16-28-19/h4-6,9-10,16H,3,7-8,11-15H2,1-2H3/t22-/m0/s1. The smallest absolute Gasteiger partial charge is 0.313 e. The van der Waals surface area contributed by atoms with E-state index in [0.29, 0.717) is 31.8 Å². The zero-order chi connectivity index (χ0) is 20.0. The molecule has 1 aliphatic heterocycles. The van der Waals surface area contributed by atoms with Crippen molar-refractivity contribution in [3.63, 3.8) is 0 Å². The SMILES string of the molecule is CCOC(=O)[C@@]1(CCCc2ccccc2)CCCN(C(=O)c2ocnc2C)C1. The van der Waals surface area contributed by atoms with E-state index in [2.05, 4.69) is 17.1 Å². The minimum absolute atomic E-state index is 0.199. The van der Waals surface area contributed by atoms with Crippen LogP contribution in [0, 0.1) is 12.3 Å². The molecule has 6 nitrogen and oxygen atoms in total. The number of carbonyl (C=O) groups is 2. The Morgan fingerprint density at radius 3 is 2.75 bits per heavy atom. The molecule has 28 heavy (non-hydrogen) atoms. The van der Waals surface area contributed by atoms with Gasteiger partial charge in [0, 0.05) is 13.1 Å². The molecule has 1 fully saturated rings. The van der Waals surface area contributed by atoms with Gasteiger partial charge in [-0.25, -0.2) is 4.98 Å². The normalized spacial score (nSPS) is 19.4.